The summed E-state index contributed by atoms with van der Waals surface area (Å²) in [5, 5.41) is 9.41. The average Bonchev–Trinajstić information content (AvgIpc) is 3.20. The Balaban J connectivity index is -0.000000624. The Morgan fingerprint density at radius 1 is 0.842 bits per heavy atom. The molecule has 0 radical (unpaired) electrons. The van der Waals surface area contributed by atoms with Crippen LogP contribution in [0.15, 0.2) is 34.9 Å². The van der Waals surface area contributed by atoms with Crippen molar-refractivity contribution in [2.24, 2.45) is 5.92 Å². The van der Waals surface area contributed by atoms with Gasteiger partial charge in [-0.2, -0.15) is 11.1 Å². The van der Waals surface area contributed by atoms with E-state index in [4.69, 9.17) is 4.74 Å². The fraction of sp³-hybridized carbons (Fsp3) is 0.667. The first-order valence-corrected chi connectivity index (χ1v) is 15.4. The summed E-state index contributed by atoms with van der Waals surface area (Å²) in [5.41, 5.74) is 6.23. The molecule has 38 heavy (non-hydrogen) atoms. The molecule has 0 fully saturated rings. The Hall–Kier alpha value is -0.536. The number of aromatic hydroxyl groups is 1. The van der Waals surface area contributed by atoms with Gasteiger partial charge in [-0.05, 0) is 29.5 Å². The number of hydrogen-bond donors (Lipinski definition) is 1. The number of allylic oxidation sites excluding steroid dienone is 4. The number of rotatable bonds is 13. The molecule has 0 saturated heterocycles. The van der Waals surface area contributed by atoms with E-state index in [1.165, 1.54) is 77.0 Å². The molecule has 0 aliphatic heterocycles. The van der Waals surface area contributed by atoms with E-state index in [0.717, 1.165) is 5.56 Å². The van der Waals surface area contributed by atoms with Gasteiger partial charge in [0, 0.05) is 6.07 Å². The third-order valence-electron chi connectivity index (χ3n) is 6.72. The molecule has 5 heteroatoms. The van der Waals surface area contributed by atoms with Crippen molar-refractivity contribution in [3.63, 3.8) is 0 Å². The van der Waals surface area contributed by atoms with Crippen molar-refractivity contribution in [3.8, 4) is 11.5 Å². The number of hydrogen-bond acceptors (Lipinski definition) is 2. The summed E-state index contributed by atoms with van der Waals surface area (Å²) in [4.78, 5) is 3.25. The van der Waals surface area contributed by atoms with Crippen molar-refractivity contribution in [1.29, 1.82) is 0 Å². The van der Waals surface area contributed by atoms with E-state index in [9.17, 15) is 5.11 Å². The monoisotopic (exact) mass is 603 g/mol. The number of ether oxygens (including phenoxy) is 1. The summed E-state index contributed by atoms with van der Waals surface area (Å²) in [6, 6.07) is 5.32. The van der Waals surface area contributed by atoms with Gasteiger partial charge in [0.25, 0.3) is 0 Å². The zero-order chi connectivity index (χ0) is 27.6. The number of benzene rings is 1. The molecule has 1 aromatic carbocycles. The van der Waals surface area contributed by atoms with Crippen LogP contribution >= 0.6 is 24.8 Å². The van der Waals surface area contributed by atoms with Gasteiger partial charge in [0.05, 0.1) is 7.11 Å². The molecule has 0 bridgehead atoms. The molecule has 0 aromatic heterocycles. The number of phenols is 1. The van der Waals surface area contributed by atoms with Crippen molar-refractivity contribution in [3.05, 3.63) is 46.6 Å². The first kappa shape index (κ1) is 41.9. The Morgan fingerprint density at radius 2 is 1.37 bits per heavy atom. The molecule has 0 amide bonds. The second-order valence-electron chi connectivity index (χ2n) is 10.8. The van der Waals surface area contributed by atoms with Gasteiger partial charge in [0.1, 0.15) is 11.5 Å². The van der Waals surface area contributed by atoms with E-state index >= 15 is 0 Å². The van der Waals surface area contributed by atoms with Crippen molar-refractivity contribution >= 4 is 29.6 Å². The molecule has 1 unspecified atom stereocenters. The van der Waals surface area contributed by atoms with Gasteiger partial charge >= 0.3 is 24.8 Å². The zero-order valence-corrected chi connectivity index (χ0v) is 28.9. The Morgan fingerprint density at radius 3 is 1.87 bits per heavy atom. The minimum atomic E-state index is 0. The van der Waals surface area contributed by atoms with Crippen LogP contribution in [0.25, 0.3) is 0 Å². The third-order valence-corrected chi connectivity index (χ3v) is 6.72. The van der Waals surface area contributed by atoms with E-state index < -0.39 is 0 Å². The Bertz CT molecular complexity index is 797. The summed E-state index contributed by atoms with van der Waals surface area (Å²) in [6.45, 7) is 15.5. The molecule has 1 atom stereocenters. The van der Waals surface area contributed by atoms with Gasteiger partial charge in [-0.1, -0.05) is 125 Å². The van der Waals surface area contributed by atoms with Gasteiger partial charge in [0.15, 0.2) is 0 Å². The fourth-order valence-electron chi connectivity index (χ4n) is 4.51. The molecule has 2 rings (SSSR count). The molecular formula is C33H57Cl2O2Ti. The van der Waals surface area contributed by atoms with Gasteiger partial charge in [-0.3, -0.25) is 6.08 Å². The normalized spacial score (nSPS) is 14.3. The van der Waals surface area contributed by atoms with E-state index in [0.29, 0.717) is 11.7 Å². The Kier molecular flexibility index (Phi) is 26.8. The molecular weight excluding hydrogens is 547 g/mol. The van der Waals surface area contributed by atoms with Gasteiger partial charge in [-0.25, -0.2) is 5.57 Å². The van der Waals surface area contributed by atoms with Crippen LogP contribution in [0, 0.1) is 12.0 Å². The quantitative estimate of drug-likeness (QED) is 0.179. The maximum absolute atomic E-state index is 9.41. The fourth-order valence-corrected chi connectivity index (χ4v) is 4.51. The van der Waals surface area contributed by atoms with Gasteiger partial charge in [0.2, 0.25) is 0 Å². The second-order valence-corrected chi connectivity index (χ2v) is 10.8. The predicted octanol–water partition coefficient (Wildman–Crippen LogP) is 10.9. The van der Waals surface area contributed by atoms with Crippen LogP contribution in [0.5, 0.6) is 11.5 Å². The summed E-state index contributed by atoms with van der Waals surface area (Å²) in [7, 11) is 1.60. The SMILES string of the molecule is CCCCC1=[C-]C(CCCC)C(CCCC)=C1CCCC.COc1cc(O)cc(C(C)(C)C)c1.Cl.Cl.[CH2]=[Ti+]. The molecule has 2 nitrogen and oxygen atoms in total. The number of unbranched alkanes of at least 4 members (excludes halogenated alkanes) is 4. The van der Waals surface area contributed by atoms with E-state index in [2.05, 4.69) is 59.4 Å². The molecule has 0 heterocycles. The second kappa shape index (κ2) is 24.3. The number of methoxy groups -OCH3 is 1. The molecule has 1 aliphatic carbocycles. The van der Waals surface area contributed by atoms with Crippen LogP contribution in [-0.4, -0.2) is 17.0 Å². The molecule has 0 spiro atoms. The molecule has 1 aliphatic rings. The Labute approximate surface area is 260 Å². The van der Waals surface area contributed by atoms with Crippen molar-refractivity contribution in [2.45, 2.75) is 131 Å². The van der Waals surface area contributed by atoms with Crippen LogP contribution in [-0.2, 0) is 25.4 Å². The molecule has 1 aromatic rings. The van der Waals surface area contributed by atoms with Crippen molar-refractivity contribution in [2.75, 3.05) is 7.11 Å². The van der Waals surface area contributed by atoms with Crippen LogP contribution in [0.1, 0.15) is 131 Å². The topological polar surface area (TPSA) is 29.5 Å². The number of phenolic OH excluding ortho intramolecular Hbond substituents is 1. The van der Waals surface area contributed by atoms with Crippen LogP contribution in [0.4, 0.5) is 0 Å². The summed E-state index contributed by atoms with van der Waals surface area (Å²) in [5.74, 6) is 1.62. The molecule has 0 saturated carbocycles. The minimum absolute atomic E-state index is 0. The molecule has 1 N–H and O–H groups in total. The summed E-state index contributed by atoms with van der Waals surface area (Å²) in [6.07, 6.45) is 19.8. The maximum atomic E-state index is 9.41. The van der Waals surface area contributed by atoms with Crippen LogP contribution in [0.3, 0.4) is 0 Å². The van der Waals surface area contributed by atoms with Crippen molar-refractivity contribution in [1.82, 2.24) is 0 Å². The third kappa shape index (κ3) is 15.9. The first-order chi connectivity index (χ1) is 17.2. The number of halogens is 2. The van der Waals surface area contributed by atoms with Gasteiger partial charge < -0.3 is 9.84 Å². The average molecular weight is 605 g/mol. The van der Waals surface area contributed by atoms with E-state index in [-0.39, 0.29) is 36.0 Å². The first-order valence-electron chi connectivity index (χ1n) is 14.3. The summed E-state index contributed by atoms with van der Waals surface area (Å²) >= 11 is 1.75. The van der Waals surface area contributed by atoms with Crippen LogP contribution in [0.2, 0.25) is 0 Å². The molecule has 219 valence electrons. The van der Waals surface area contributed by atoms with E-state index in [1.807, 2.05) is 6.07 Å². The van der Waals surface area contributed by atoms with Crippen LogP contribution < -0.4 is 4.74 Å². The predicted molar refractivity (Wildman–Crippen MR) is 170 cm³/mol. The standard InChI is InChI=1S/C21H37.C11H16O2.CH2.2ClH.Ti/c1-5-9-13-18-17-19(14-10-6-2)21(16-12-8-4)20(18)15-11-7-3;1-11(2,3)8-5-9(12)7-10(6-8)13-4;;;;/h18H,5-16H2,1-4H3;5-7,12H,1-4H3;1H2;2*1H;/q-1;;;;;+1. The van der Waals surface area contributed by atoms with Crippen molar-refractivity contribution < 1.29 is 29.8 Å². The summed E-state index contributed by atoms with van der Waals surface area (Å²) < 4.78 is 5.07. The van der Waals surface area contributed by atoms with Gasteiger partial charge in [-0.15, -0.1) is 24.8 Å². The zero-order valence-electron chi connectivity index (χ0n) is 25.7. The van der Waals surface area contributed by atoms with E-state index in [1.54, 1.807) is 55.9 Å².